The smallest absolute Gasteiger partial charge is 0.339 e. The van der Waals surface area contributed by atoms with Crippen molar-refractivity contribution in [1.82, 2.24) is 5.06 Å². The van der Waals surface area contributed by atoms with Gasteiger partial charge in [0.05, 0.1) is 6.04 Å². The van der Waals surface area contributed by atoms with Gasteiger partial charge in [0.1, 0.15) is 11.9 Å². The van der Waals surface area contributed by atoms with Crippen molar-refractivity contribution >= 4 is 17.6 Å². The molecule has 5 nitrogen and oxygen atoms in total. The lowest BCUT2D eigenvalue weighted by atomic mass is 10.0. The zero-order chi connectivity index (χ0) is 17.9. The molecule has 0 radical (unpaired) electrons. The maximum absolute atomic E-state index is 11.1. The minimum absolute atomic E-state index is 0.161. The number of rotatable bonds is 5. The number of urea groups is 1. The first kappa shape index (κ1) is 18.1. The molecule has 2 atom stereocenters. The number of carbonyl (C=O) groups is 1. The van der Waals surface area contributed by atoms with E-state index < -0.39 is 12.1 Å². The van der Waals surface area contributed by atoms with E-state index in [4.69, 9.17) is 22.1 Å². The van der Waals surface area contributed by atoms with Crippen LogP contribution < -0.4 is 10.5 Å². The van der Waals surface area contributed by atoms with Gasteiger partial charge in [-0.3, -0.25) is 5.21 Å². The van der Waals surface area contributed by atoms with E-state index in [9.17, 15) is 10.0 Å². The summed E-state index contributed by atoms with van der Waals surface area (Å²) in [6.07, 6.45) is -0.161. The van der Waals surface area contributed by atoms with E-state index in [1.165, 1.54) is 0 Å². The fraction of sp³-hybridized carbons (Fsp3) is 0.278. The van der Waals surface area contributed by atoms with Gasteiger partial charge in [0.15, 0.2) is 0 Å². The topological polar surface area (TPSA) is 75.8 Å². The van der Waals surface area contributed by atoms with Gasteiger partial charge in [0.2, 0.25) is 0 Å². The molecule has 2 amide bonds. The SMILES string of the molecule is Cc1cc(C(C)N(O)C(N)=O)ccc1OC(C)c1cccc(Cl)c1. The second-order valence-electron chi connectivity index (χ2n) is 5.70. The van der Waals surface area contributed by atoms with E-state index in [2.05, 4.69) is 0 Å². The standard InChI is InChI=1S/C18H21ClN2O3/c1-11-9-14(12(2)21(23)18(20)22)7-8-17(11)24-13(3)15-5-4-6-16(19)10-15/h4-10,12-13,23H,1-3H3,(H2,20,22). The Kier molecular flexibility index (Phi) is 5.70. The highest BCUT2D eigenvalue weighted by molar-refractivity contribution is 6.30. The molecule has 2 aromatic rings. The van der Waals surface area contributed by atoms with Gasteiger partial charge in [-0.05, 0) is 55.7 Å². The molecule has 6 heteroatoms. The van der Waals surface area contributed by atoms with E-state index in [0.29, 0.717) is 10.1 Å². The van der Waals surface area contributed by atoms with E-state index in [0.717, 1.165) is 22.4 Å². The summed E-state index contributed by atoms with van der Waals surface area (Å²) in [4.78, 5) is 11.1. The average molecular weight is 349 g/mol. The molecule has 0 aliphatic heterocycles. The van der Waals surface area contributed by atoms with Crippen LogP contribution in [0.15, 0.2) is 42.5 Å². The zero-order valence-electron chi connectivity index (χ0n) is 13.9. The Labute approximate surface area is 146 Å². The van der Waals surface area contributed by atoms with Crippen LogP contribution in [0.1, 0.15) is 42.7 Å². The van der Waals surface area contributed by atoms with Gasteiger partial charge in [-0.25, -0.2) is 4.79 Å². The Morgan fingerprint density at radius 1 is 1.21 bits per heavy atom. The molecule has 0 heterocycles. The van der Waals surface area contributed by atoms with Crippen LogP contribution in [-0.2, 0) is 0 Å². The average Bonchev–Trinajstić information content (AvgIpc) is 2.55. The fourth-order valence-corrected chi connectivity index (χ4v) is 2.61. The lowest BCUT2D eigenvalue weighted by Crippen LogP contribution is -2.34. The Morgan fingerprint density at radius 3 is 2.50 bits per heavy atom. The number of carbonyl (C=O) groups excluding carboxylic acids is 1. The number of nitrogens with two attached hydrogens (primary N) is 1. The van der Waals surface area contributed by atoms with Crippen LogP contribution in [0.4, 0.5) is 4.79 Å². The van der Waals surface area contributed by atoms with E-state index in [-0.39, 0.29) is 6.10 Å². The monoisotopic (exact) mass is 348 g/mol. The maximum atomic E-state index is 11.1. The van der Waals surface area contributed by atoms with Crippen LogP contribution in [0.3, 0.4) is 0 Å². The van der Waals surface area contributed by atoms with Crippen molar-refractivity contribution < 1.29 is 14.7 Å². The Hall–Kier alpha value is -2.24. The van der Waals surface area contributed by atoms with Gasteiger partial charge in [-0.15, -0.1) is 0 Å². The molecule has 2 aromatic carbocycles. The van der Waals surface area contributed by atoms with Gasteiger partial charge < -0.3 is 10.5 Å². The van der Waals surface area contributed by atoms with Crippen LogP contribution in [-0.4, -0.2) is 16.3 Å². The predicted octanol–water partition coefficient (Wildman–Crippen LogP) is 4.62. The molecule has 0 aliphatic rings. The first-order chi connectivity index (χ1) is 11.3. The van der Waals surface area contributed by atoms with Crippen LogP contribution in [0, 0.1) is 6.92 Å². The molecule has 2 unspecified atom stereocenters. The molecule has 24 heavy (non-hydrogen) atoms. The zero-order valence-corrected chi connectivity index (χ0v) is 14.6. The Bertz CT molecular complexity index is 736. The maximum Gasteiger partial charge on any atom is 0.339 e. The van der Waals surface area contributed by atoms with Crippen molar-refractivity contribution in [2.75, 3.05) is 0 Å². The van der Waals surface area contributed by atoms with Gasteiger partial charge in [0.25, 0.3) is 0 Å². The van der Waals surface area contributed by atoms with Crippen molar-refractivity contribution in [2.45, 2.75) is 32.9 Å². The summed E-state index contributed by atoms with van der Waals surface area (Å²) in [5.41, 5.74) is 7.72. The molecular formula is C18H21ClN2O3. The third kappa shape index (κ3) is 4.19. The number of nitrogens with zero attached hydrogens (tertiary/aromatic N) is 1. The summed E-state index contributed by atoms with van der Waals surface area (Å²) in [5, 5.41) is 10.8. The molecule has 0 aliphatic carbocycles. The van der Waals surface area contributed by atoms with E-state index in [1.807, 2.05) is 50.2 Å². The summed E-state index contributed by atoms with van der Waals surface area (Å²) in [6, 6.07) is 11.6. The highest BCUT2D eigenvalue weighted by Crippen LogP contribution is 2.29. The number of hydroxylamine groups is 2. The molecular weight excluding hydrogens is 328 g/mol. The minimum atomic E-state index is -0.893. The Morgan fingerprint density at radius 2 is 1.92 bits per heavy atom. The molecule has 0 spiro atoms. The highest BCUT2D eigenvalue weighted by atomic mass is 35.5. The number of primary amides is 1. The summed E-state index contributed by atoms with van der Waals surface area (Å²) < 4.78 is 6.00. The first-order valence-corrected chi connectivity index (χ1v) is 7.97. The van der Waals surface area contributed by atoms with Crippen molar-refractivity contribution in [3.8, 4) is 5.75 Å². The number of benzene rings is 2. The van der Waals surface area contributed by atoms with Crippen LogP contribution in [0.5, 0.6) is 5.75 Å². The van der Waals surface area contributed by atoms with Crippen LogP contribution >= 0.6 is 11.6 Å². The van der Waals surface area contributed by atoms with Crippen molar-refractivity contribution in [2.24, 2.45) is 5.73 Å². The quantitative estimate of drug-likeness (QED) is 0.611. The number of halogens is 1. The molecule has 3 N–H and O–H groups in total. The minimum Gasteiger partial charge on any atom is -0.486 e. The lowest BCUT2D eigenvalue weighted by Gasteiger charge is -2.22. The molecule has 0 fully saturated rings. The second kappa shape index (κ2) is 7.55. The van der Waals surface area contributed by atoms with Gasteiger partial charge in [-0.2, -0.15) is 5.06 Å². The molecule has 0 bridgehead atoms. The van der Waals surface area contributed by atoms with Crippen molar-refractivity contribution in [3.05, 3.63) is 64.2 Å². The second-order valence-corrected chi connectivity index (χ2v) is 6.14. The van der Waals surface area contributed by atoms with Crippen molar-refractivity contribution in [1.29, 1.82) is 0 Å². The molecule has 128 valence electrons. The molecule has 2 rings (SSSR count). The number of hydrogen-bond acceptors (Lipinski definition) is 3. The highest BCUT2D eigenvalue weighted by Gasteiger charge is 2.18. The number of ether oxygens (including phenoxy) is 1. The summed E-state index contributed by atoms with van der Waals surface area (Å²) in [6.45, 7) is 5.54. The van der Waals surface area contributed by atoms with Gasteiger partial charge >= 0.3 is 6.03 Å². The largest absolute Gasteiger partial charge is 0.486 e. The fourth-order valence-electron chi connectivity index (χ4n) is 2.41. The van der Waals surface area contributed by atoms with Gasteiger partial charge in [-0.1, -0.05) is 35.9 Å². The predicted molar refractivity (Wildman–Crippen MR) is 93.3 cm³/mol. The number of aryl methyl sites for hydroxylation is 1. The van der Waals surface area contributed by atoms with Gasteiger partial charge in [0, 0.05) is 5.02 Å². The summed E-state index contributed by atoms with van der Waals surface area (Å²) in [7, 11) is 0. The first-order valence-electron chi connectivity index (χ1n) is 7.59. The number of hydrogen-bond donors (Lipinski definition) is 2. The summed E-state index contributed by atoms with van der Waals surface area (Å²) >= 11 is 6.01. The van der Waals surface area contributed by atoms with E-state index in [1.54, 1.807) is 13.0 Å². The summed E-state index contributed by atoms with van der Waals surface area (Å²) in [5.74, 6) is 0.724. The van der Waals surface area contributed by atoms with E-state index >= 15 is 0 Å². The number of amides is 2. The third-order valence-electron chi connectivity index (χ3n) is 3.90. The normalized spacial score (nSPS) is 13.2. The van der Waals surface area contributed by atoms with Crippen molar-refractivity contribution in [3.63, 3.8) is 0 Å². The molecule has 0 aromatic heterocycles. The third-order valence-corrected chi connectivity index (χ3v) is 4.13. The molecule has 0 saturated carbocycles. The van der Waals surface area contributed by atoms with Crippen LogP contribution in [0.25, 0.3) is 0 Å². The van der Waals surface area contributed by atoms with Crippen LogP contribution in [0.2, 0.25) is 5.02 Å². The molecule has 0 saturated heterocycles. The Balaban J connectivity index is 2.16. The lowest BCUT2D eigenvalue weighted by molar-refractivity contribution is -0.0710.